The lowest BCUT2D eigenvalue weighted by molar-refractivity contribution is -0.127. The second-order valence-corrected chi connectivity index (χ2v) is 6.04. The molecule has 0 aliphatic rings. The van der Waals surface area contributed by atoms with E-state index in [2.05, 4.69) is 5.32 Å². The number of rotatable bonds is 8. The van der Waals surface area contributed by atoms with Crippen LogP contribution < -0.4 is 5.32 Å². The second kappa shape index (κ2) is 7.38. The van der Waals surface area contributed by atoms with Crippen LogP contribution >= 0.6 is 0 Å². The van der Waals surface area contributed by atoms with E-state index in [-0.39, 0.29) is 30.3 Å². The van der Waals surface area contributed by atoms with Crippen molar-refractivity contribution >= 4 is 21.5 Å². The van der Waals surface area contributed by atoms with Crippen LogP contribution in [-0.2, 0) is 19.4 Å². The molecule has 0 bridgehead atoms. The molecule has 0 atom stereocenters. The quantitative estimate of drug-likeness (QED) is 0.627. The van der Waals surface area contributed by atoms with Gasteiger partial charge in [0.05, 0.1) is 17.9 Å². The summed E-state index contributed by atoms with van der Waals surface area (Å²) in [5, 5.41) is 2.41. The molecule has 0 heterocycles. The average Bonchev–Trinajstić information content (AvgIpc) is 2.13. The van der Waals surface area contributed by atoms with Gasteiger partial charge in [-0.25, -0.2) is 8.42 Å². The zero-order valence-electron chi connectivity index (χ0n) is 9.78. The van der Waals surface area contributed by atoms with Gasteiger partial charge >= 0.3 is 0 Å². The lowest BCUT2D eigenvalue weighted by Crippen LogP contribution is -2.30. The Kier molecular flexibility index (Phi) is 6.96. The molecule has 0 aromatic carbocycles. The molecule has 0 saturated carbocycles. The van der Waals surface area contributed by atoms with Crippen molar-refractivity contribution in [2.45, 2.75) is 33.1 Å². The van der Waals surface area contributed by atoms with Crippen molar-refractivity contribution in [3.63, 3.8) is 0 Å². The number of carbonyl (C=O) groups is 2. The highest BCUT2D eigenvalue weighted by atomic mass is 32.2. The highest BCUT2D eigenvalue weighted by Gasteiger charge is 2.11. The largest absolute Gasteiger partial charge is 0.355 e. The summed E-state index contributed by atoms with van der Waals surface area (Å²) in [4.78, 5) is 21.6. The molecule has 0 saturated heterocycles. The van der Waals surface area contributed by atoms with Crippen LogP contribution in [0, 0.1) is 0 Å². The Morgan fingerprint density at radius 3 is 2.31 bits per heavy atom. The third-order valence-corrected chi connectivity index (χ3v) is 3.69. The SMILES string of the molecule is CCCCS(=O)(=O)CCNC(=O)CC(C)=O. The smallest absolute Gasteiger partial charge is 0.227 e. The topological polar surface area (TPSA) is 80.3 Å². The van der Waals surface area contributed by atoms with E-state index in [0.717, 1.165) is 6.42 Å². The third-order valence-electron chi connectivity index (χ3n) is 1.95. The second-order valence-electron chi connectivity index (χ2n) is 3.73. The van der Waals surface area contributed by atoms with Crippen molar-refractivity contribution < 1.29 is 18.0 Å². The summed E-state index contributed by atoms with van der Waals surface area (Å²) in [5.74, 6) is -0.549. The number of sulfone groups is 1. The van der Waals surface area contributed by atoms with E-state index in [1.165, 1.54) is 6.92 Å². The Morgan fingerprint density at radius 2 is 1.81 bits per heavy atom. The molecule has 16 heavy (non-hydrogen) atoms. The van der Waals surface area contributed by atoms with Crippen LogP contribution in [0.5, 0.6) is 0 Å². The van der Waals surface area contributed by atoms with Crippen LogP contribution in [-0.4, -0.2) is 38.2 Å². The summed E-state index contributed by atoms with van der Waals surface area (Å²) in [7, 11) is -3.07. The normalized spacial score (nSPS) is 11.1. The first kappa shape index (κ1) is 15.1. The molecule has 1 amide bonds. The maximum atomic E-state index is 11.4. The summed E-state index contributed by atoms with van der Waals surface area (Å²) in [6.45, 7) is 3.32. The number of amides is 1. The molecule has 0 aliphatic carbocycles. The van der Waals surface area contributed by atoms with Crippen molar-refractivity contribution in [1.29, 1.82) is 0 Å². The lowest BCUT2D eigenvalue weighted by atomic mass is 10.3. The van der Waals surface area contributed by atoms with Crippen LogP contribution in [0.25, 0.3) is 0 Å². The predicted molar refractivity (Wildman–Crippen MR) is 61.9 cm³/mol. The van der Waals surface area contributed by atoms with Crippen LogP contribution in [0.1, 0.15) is 33.1 Å². The molecule has 0 aromatic rings. The van der Waals surface area contributed by atoms with E-state index in [1.54, 1.807) is 0 Å². The predicted octanol–water partition coefficient (Wildman–Crippen LogP) is 0.297. The molecule has 0 aromatic heterocycles. The minimum atomic E-state index is -3.07. The van der Waals surface area contributed by atoms with Gasteiger partial charge in [-0.2, -0.15) is 0 Å². The van der Waals surface area contributed by atoms with Gasteiger partial charge in [0.2, 0.25) is 5.91 Å². The van der Waals surface area contributed by atoms with Gasteiger partial charge < -0.3 is 5.32 Å². The first-order valence-electron chi connectivity index (χ1n) is 5.34. The Hall–Kier alpha value is -0.910. The Labute approximate surface area is 96.5 Å². The molecule has 6 heteroatoms. The maximum Gasteiger partial charge on any atom is 0.227 e. The highest BCUT2D eigenvalue weighted by molar-refractivity contribution is 7.91. The minimum absolute atomic E-state index is 0.0589. The lowest BCUT2D eigenvalue weighted by Gasteiger charge is -2.05. The molecule has 0 spiro atoms. The first-order valence-corrected chi connectivity index (χ1v) is 7.16. The molecule has 0 unspecified atom stereocenters. The molecule has 0 radical (unpaired) electrons. The molecular formula is C10H19NO4S. The number of hydrogen-bond donors (Lipinski definition) is 1. The molecule has 0 fully saturated rings. The first-order chi connectivity index (χ1) is 7.37. The minimum Gasteiger partial charge on any atom is -0.355 e. The number of hydrogen-bond acceptors (Lipinski definition) is 4. The van der Waals surface area contributed by atoms with Crippen LogP contribution in [0.4, 0.5) is 0 Å². The summed E-state index contributed by atoms with van der Waals surface area (Å²) in [5.41, 5.74) is 0. The van der Waals surface area contributed by atoms with Crippen molar-refractivity contribution in [3.05, 3.63) is 0 Å². The van der Waals surface area contributed by atoms with E-state index in [1.807, 2.05) is 6.92 Å². The number of nitrogens with one attached hydrogen (secondary N) is 1. The fourth-order valence-corrected chi connectivity index (χ4v) is 2.45. The number of Topliss-reactive ketones (excluding diaryl/α,β-unsaturated/α-hetero) is 1. The van der Waals surface area contributed by atoms with Gasteiger partial charge in [-0.05, 0) is 13.3 Å². The van der Waals surface area contributed by atoms with Crippen LogP contribution in [0.3, 0.4) is 0 Å². The monoisotopic (exact) mass is 249 g/mol. The van der Waals surface area contributed by atoms with Gasteiger partial charge in [-0.1, -0.05) is 13.3 Å². The third kappa shape index (κ3) is 8.40. The Balaban J connectivity index is 3.80. The number of carbonyl (C=O) groups excluding carboxylic acids is 2. The maximum absolute atomic E-state index is 11.4. The van der Waals surface area contributed by atoms with Gasteiger partial charge in [0.25, 0.3) is 0 Å². The fourth-order valence-electron chi connectivity index (χ4n) is 1.10. The van der Waals surface area contributed by atoms with E-state index in [4.69, 9.17) is 0 Å². The highest BCUT2D eigenvalue weighted by Crippen LogP contribution is 1.96. The molecular weight excluding hydrogens is 230 g/mol. The van der Waals surface area contributed by atoms with E-state index in [0.29, 0.717) is 6.42 Å². The summed E-state index contributed by atoms with van der Waals surface area (Å²) in [6.07, 6.45) is 1.29. The average molecular weight is 249 g/mol. The van der Waals surface area contributed by atoms with Gasteiger partial charge in [-0.3, -0.25) is 9.59 Å². The standard InChI is InChI=1S/C10H19NO4S/c1-3-4-6-16(14,15)7-5-11-10(13)8-9(2)12/h3-8H2,1-2H3,(H,11,13). The summed E-state index contributed by atoms with van der Waals surface area (Å²) in [6, 6.07) is 0. The van der Waals surface area contributed by atoms with Crippen molar-refractivity contribution in [1.82, 2.24) is 5.32 Å². The zero-order valence-corrected chi connectivity index (χ0v) is 10.6. The number of unbranched alkanes of at least 4 members (excludes halogenated alkanes) is 1. The van der Waals surface area contributed by atoms with Gasteiger partial charge in [-0.15, -0.1) is 0 Å². The molecule has 94 valence electrons. The Bertz CT molecular complexity index is 335. The van der Waals surface area contributed by atoms with Crippen molar-refractivity contribution in [3.8, 4) is 0 Å². The Morgan fingerprint density at radius 1 is 1.19 bits per heavy atom. The number of ketones is 1. The van der Waals surface area contributed by atoms with E-state index < -0.39 is 15.7 Å². The summed E-state index contributed by atoms with van der Waals surface area (Å²) < 4.78 is 22.7. The van der Waals surface area contributed by atoms with Gasteiger partial charge in [0, 0.05) is 6.54 Å². The molecule has 0 aliphatic heterocycles. The zero-order chi connectivity index (χ0) is 12.6. The molecule has 1 N–H and O–H groups in total. The van der Waals surface area contributed by atoms with E-state index in [9.17, 15) is 18.0 Å². The van der Waals surface area contributed by atoms with Crippen LogP contribution in [0.15, 0.2) is 0 Å². The van der Waals surface area contributed by atoms with Crippen molar-refractivity contribution in [2.24, 2.45) is 0 Å². The van der Waals surface area contributed by atoms with Crippen molar-refractivity contribution in [2.75, 3.05) is 18.1 Å². The van der Waals surface area contributed by atoms with Crippen LogP contribution in [0.2, 0.25) is 0 Å². The van der Waals surface area contributed by atoms with E-state index >= 15 is 0 Å². The molecule has 5 nitrogen and oxygen atoms in total. The van der Waals surface area contributed by atoms with Gasteiger partial charge in [0.1, 0.15) is 5.78 Å². The summed E-state index contributed by atoms with van der Waals surface area (Å²) >= 11 is 0. The van der Waals surface area contributed by atoms with Gasteiger partial charge in [0.15, 0.2) is 9.84 Å². The fraction of sp³-hybridized carbons (Fsp3) is 0.800. The molecule has 0 rings (SSSR count).